The fourth-order valence-electron chi connectivity index (χ4n) is 3.46. The van der Waals surface area contributed by atoms with Gasteiger partial charge >= 0.3 is 0 Å². The largest absolute Gasteiger partial charge is 0.382 e. The van der Waals surface area contributed by atoms with Gasteiger partial charge in [0.25, 0.3) is 0 Å². The molecule has 9 nitrogen and oxygen atoms in total. The molecule has 4 heterocycles. The predicted molar refractivity (Wildman–Crippen MR) is 95.8 cm³/mol. The Labute approximate surface area is 145 Å². The number of nitrogens with zero attached hydrogens (tertiary/aromatic N) is 6. The molecule has 1 atom stereocenters. The van der Waals surface area contributed by atoms with E-state index in [1.807, 2.05) is 4.68 Å². The second kappa shape index (κ2) is 5.99. The van der Waals surface area contributed by atoms with E-state index in [0.717, 1.165) is 44.1 Å². The lowest BCUT2D eigenvalue weighted by Gasteiger charge is -2.14. The number of likely N-dealkylation sites (tertiary alicyclic amines) is 1. The van der Waals surface area contributed by atoms with Crippen molar-refractivity contribution >= 4 is 22.9 Å². The summed E-state index contributed by atoms with van der Waals surface area (Å²) in [5.41, 5.74) is 15.2. The fraction of sp³-hybridized carbons (Fsp3) is 0.500. The maximum atomic E-state index is 5.91. The number of fused-ring (bicyclic) bond motifs is 1. The Bertz CT molecular complexity index is 910. The monoisotopic (exact) mass is 341 g/mol. The maximum absolute atomic E-state index is 5.91. The van der Waals surface area contributed by atoms with Crippen LogP contribution in [0.1, 0.15) is 36.3 Å². The summed E-state index contributed by atoms with van der Waals surface area (Å²) in [7, 11) is 0. The number of rotatable bonds is 4. The van der Waals surface area contributed by atoms with Gasteiger partial charge in [-0.05, 0) is 26.8 Å². The van der Waals surface area contributed by atoms with Crippen LogP contribution in [0.4, 0.5) is 11.8 Å². The second-order valence-corrected chi connectivity index (χ2v) is 6.60. The molecule has 0 saturated carbocycles. The number of anilines is 2. The van der Waals surface area contributed by atoms with Crippen LogP contribution in [0.3, 0.4) is 0 Å². The Morgan fingerprint density at radius 2 is 2.12 bits per heavy atom. The zero-order chi connectivity index (χ0) is 17.6. The summed E-state index contributed by atoms with van der Waals surface area (Å²) in [5, 5.41) is 4.53. The van der Waals surface area contributed by atoms with Gasteiger partial charge in [0.15, 0.2) is 11.5 Å². The molecule has 1 fully saturated rings. The van der Waals surface area contributed by atoms with Gasteiger partial charge in [-0.25, -0.2) is 4.98 Å². The number of aromatic nitrogens is 6. The average molecular weight is 341 g/mol. The van der Waals surface area contributed by atoms with Crippen molar-refractivity contribution in [1.29, 1.82) is 0 Å². The SMILES string of the molecule is CCn1cc(CN2CCC(c3nc4nc(N)nc(N)c4[nH]3)C2)c(C)n1. The summed E-state index contributed by atoms with van der Waals surface area (Å²) in [6.07, 6.45) is 3.19. The molecular formula is C16H23N9. The Morgan fingerprint density at radius 1 is 1.28 bits per heavy atom. The van der Waals surface area contributed by atoms with Gasteiger partial charge in [0.1, 0.15) is 11.3 Å². The molecule has 1 unspecified atom stereocenters. The standard InChI is InChI=1S/C16H23N9/c1-3-25-8-11(9(2)23-25)7-24-5-4-10(6-24)14-19-12-13(17)20-16(18)22-15(12)21-14/h8,10H,3-7H2,1-2H3,(H5,17,18,19,20,21,22). The summed E-state index contributed by atoms with van der Waals surface area (Å²) in [6.45, 7) is 7.96. The van der Waals surface area contributed by atoms with Crippen LogP contribution in [-0.2, 0) is 13.1 Å². The average Bonchev–Trinajstić information content (AvgIpc) is 3.26. The highest BCUT2D eigenvalue weighted by molar-refractivity contribution is 5.82. The molecule has 1 saturated heterocycles. The minimum atomic E-state index is 0.152. The van der Waals surface area contributed by atoms with Gasteiger partial charge in [0.2, 0.25) is 5.95 Å². The van der Waals surface area contributed by atoms with Crippen molar-refractivity contribution in [3.63, 3.8) is 0 Å². The maximum Gasteiger partial charge on any atom is 0.224 e. The first-order valence-electron chi connectivity index (χ1n) is 8.57. The Morgan fingerprint density at radius 3 is 2.88 bits per heavy atom. The van der Waals surface area contributed by atoms with Gasteiger partial charge < -0.3 is 16.5 Å². The van der Waals surface area contributed by atoms with E-state index >= 15 is 0 Å². The first kappa shape index (κ1) is 15.8. The number of aromatic amines is 1. The predicted octanol–water partition coefficient (Wildman–Crippen LogP) is 1.03. The first-order valence-corrected chi connectivity index (χ1v) is 8.57. The van der Waals surface area contributed by atoms with Crippen molar-refractivity contribution in [2.75, 3.05) is 24.6 Å². The van der Waals surface area contributed by atoms with Gasteiger partial charge in [-0.2, -0.15) is 15.1 Å². The van der Waals surface area contributed by atoms with Gasteiger partial charge in [0, 0.05) is 37.3 Å². The number of imidazole rings is 1. The number of nitrogen functional groups attached to an aromatic ring is 2. The highest BCUT2D eigenvalue weighted by atomic mass is 15.3. The molecule has 3 aromatic rings. The third kappa shape index (κ3) is 2.91. The van der Waals surface area contributed by atoms with Crippen molar-refractivity contribution in [2.45, 2.75) is 39.3 Å². The molecule has 3 aromatic heterocycles. The first-order chi connectivity index (χ1) is 12.0. The van der Waals surface area contributed by atoms with Crippen LogP contribution in [0.15, 0.2) is 6.20 Å². The van der Waals surface area contributed by atoms with E-state index in [1.54, 1.807) is 0 Å². The number of hydrogen-bond donors (Lipinski definition) is 3. The molecule has 132 valence electrons. The number of hydrogen-bond acceptors (Lipinski definition) is 7. The zero-order valence-corrected chi connectivity index (χ0v) is 14.5. The highest BCUT2D eigenvalue weighted by Crippen LogP contribution is 2.29. The molecular weight excluding hydrogens is 318 g/mol. The second-order valence-electron chi connectivity index (χ2n) is 6.60. The normalized spacial score (nSPS) is 18.4. The highest BCUT2D eigenvalue weighted by Gasteiger charge is 2.27. The van der Waals surface area contributed by atoms with E-state index in [1.165, 1.54) is 5.56 Å². The number of H-pyrrole nitrogens is 1. The van der Waals surface area contributed by atoms with E-state index in [4.69, 9.17) is 11.5 Å². The number of nitrogens with two attached hydrogens (primary N) is 2. The number of nitrogens with one attached hydrogen (secondary N) is 1. The molecule has 5 N–H and O–H groups in total. The molecule has 1 aliphatic heterocycles. The smallest absolute Gasteiger partial charge is 0.224 e. The molecule has 0 amide bonds. The minimum absolute atomic E-state index is 0.152. The summed E-state index contributed by atoms with van der Waals surface area (Å²) in [5.74, 6) is 1.74. The van der Waals surface area contributed by atoms with Crippen LogP contribution in [0.25, 0.3) is 11.2 Å². The zero-order valence-electron chi connectivity index (χ0n) is 14.5. The van der Waals surface area contributed by atoms with E-state index in [-0.39, 0.29) is 5.95 Å². The van der Waals surface area contributed by atoms with Crippen molar-refractivity contribution in [2.24, 2.45) is 0 Å². The number of aryl methyl sites for hydroxylation is 2. The van der Waals surface area contributed by atoms with Gasteiger partial charge in [0.05, 0.1) is 5.69 Å². The van der Waals surface area contributed by atoms with Crippen LogP contribution >= 0.6 is 0 Å². The van der Waals surface area contributed by atoms with Crippen molar-refractivity contribution in [3.05, 3.63) is 23.3 Å². The Hall–Kier alpha value is -2.68. The van der Waals surface area contributed by atoms with Gasteiger partial charge in [-0.3, -0.25) is 9.58 Å². The van der Waals surface area contributed by atoms with Crippen LogP contribution < -0.4 is 11.5 Å². The Balaban J connectivity index is 1.50. The molecule has 0 aromatic carbocycles. The van der Waals surface area contributed by atoms with Gasteiger partial charge in [-0.1, -0.05) is 0 Å². The van der Waals surface area contributed by atoms with E-state index in [0.29, 0.717) is 22.9 Å². The van der Waals surface area contributed by atoms with Crippen LogP contribution in [0.2, 0.25) is 0 Å². The summed E-state index contributed by atoms with van der Waals surface area (Å²) in [6, 6.07) is 0. The molecule has 4 rings (SSSR count). The minimum Gasteiger partial charge on any atom is -0.382 e. The van der Waals surface area contributed by atoms with Crippen molar-refractivity contribution in [3.8, 4) is 0 Å². The summed E-state index contributed by atoms with van der Waals surface area (Å²) in [4.78, 5) is 18.4. The van der Waals surface area contributed by atoms with Crippen LogP contribution in [-0.4, -0.2) is 47.7 Å². The molecule has 0 bridgehead atoms. The fourth-order valence-corrected chi connectivity index (χ4v) is 3.46. The van der Waals surface area contributed by atoms with E-state index < -0.39 is 0 Å². The lowest BCUT2D eigenvalue weighted by Crippen LogP contribution is -2.20. The molecule has 0 aliphatic carbocycles. The van der Waals surface area contributed by atoms with Gasteiger partial charge in [-0.15, -0.1) is 0 Å². The third-order valence-corrected chi connectivity index (χ3v) is 4.84. The van der Waals surface area contributed by atoms with E-state index in [9.17, 15) is 0 Å². The van der Waals surface area contributed by atoms with Crippen molar-refractivity contribution in [1.82, 2.24) is 34.6 Å². The molecule has 0 spiro atoms. The van der Waals surface area contributed by atoms with Crippen molar-refractivity contribution < 1.29 is 0 Å². The third-order valence-electron chi connectivity index (χ3n) is 4.84. The van der Waals surface area contributed by atoms with Crippen LogP contribution in [0.5, 0.6) is 0 Å². The molecule has 0 radical (unpaired) electrons. The van der Waals surface area contributed by atoms with E-state index in [2.05, 4.69) is 50.0 Å². The topological polar surface area (TPSA) is 128 Å². The summed E-state index contributed by atoms with van der Waals surface area (Å²) >= 11 is 0. The molecule has 9 heteroatoms. The Kier molecular flexibility index (Phi) is 3.79. The summed E-state index contributed by atoms with van der Waals surface area (Å²) < 4.78 is 1.99. The van der Waals surface area contributed by atoms with Crippen LogP contribution in [0, 0.1) is 6.92 Å². The lowest BCUT2D eigenvalue weighted by atomic mass is 10.1. The molecule has 25 heavy (non-hydrogen) atoms. The lowest BCUT2D eigenvalue weighted by molar-refractivity contribution is 0.325. The quantitative estimate of drug-likeness (QED) is 0.646. The molecule has 1 aliphatic rings.